The van der Waals surface area contributed by atoms with E-state index >= 15 is 0 Å². The molecule has 1 heterocycles. The van der Waals surface area contributed by atoms with Gasteiger partial charge in [-0.15, -0.1) is 0 Å². The molecule has 1 rings (SSSR count). The number of esters is 1. The van der Waals surface area contributed by atoms with Gasteiger partial charge in [-0.2, -0.15) is 0 Å². The van der Waals surface area contributed by atoms with E-state index in [0.717, 1.165) is 89.9 Å². The maximum atomic E-state index is 13.4. The van der Waals surface area contributed by atoms with E-state index in [0.29, 0.717) is 19.3 Å². The molecule has 0 aromatic heterocycles. The fourth-order valence-corrected chi connectivity index (χ4v) is 8.39. The minimum atomic E-state index is -1.65. The first-order chi connectivity index (χ1) is 36.7. The molecule has 1 aliphatic rings. The molecular formula is C64H107NO10. The Bertz CT molecular complexity index is 1630. The average molecular weight is 1050 g/mol. The van der Waals surface area contributed by atoms with Gasteiger partial charge in [0.15, 0.2) is 12.4 Å². The van der Waals surface area contributed by atoms with Crippen LogP contribution in [-0.2, 0) is 23.8 Å². The molecule has 11 nitrogen and oxygen atoms in total. The van der Waals surface area contributed by atoms with Crippen molar-refractivity contribution < 1.29 is 49.3 Å². The molecule has 1 fully saturated rings. The smallest absolute Gasteiger partial charge is 0.306 e. The highest BCUT2D eigenvalue weighted by Crippen LogP contribution is 2.26. The summed E-state index contributed by atoms with van der Waals surface area (Å²) in [4.78, 5) is 26.5. The summed E-state index contributed by atoms with van der Waals surface area (Å²) >= 11 is 0. The first kappa shape index (κ1) is 69.3. The Kier molecular flexibility index (Phi) is 47.2. The molecule has 428 valence electrons. The van der Waals surface area contributed by atoms with Gasteiger partial charge in [0.1, 0.15) is 24.4 Å². The molecule has 8 unspecified atom stereocenters. The van der Waals surface area contributed by atoms with E-state index in [2.05, 4.69) is 111 Å². The van der Waals surface area contributed by atoms with Crippen molar-refractivity contribution in [1.29, 1.82) is 0 Å². The van der Waals surface area contributed by atoms with Gasteiger partial charge in [0.25, 0.3) is 0 Å². The van der Waals surface area contributed by atoms with Gasteiger partial charge in [0, 0.05) is 6.42 Å². The van der Waals surface area contributed by atoms with Crippen LogP contribution in [0.5, 0.6) is 0 Å². The van der Waals surface area contributed by atoms with Crippen molar-refractivity contribution in [3.63, 3.8) is 0 Å². The van der Waals surface area contributed by atoms with E-state index in [1.807, 2.05) is 18.2 Å². The summed E-state index contributed by atoms with van der Waals surface area (Å²) in [6, 6.07) is -1.06. The van der Waals surface area contributed by atoms with Crippen molar-refractivity contribution in [2.45, 2.75) is 269 Å². The van der Waals surface area contributed by atoms with Gasteiger partial charge in [-0.3, -0.25) is 9.59 Å². The van der Waals surface area contributed by atoms with Gasteiger partial charge in [0.05, 0.1) is 25.4 Å². The number of carbonyl (C=O) groups is 2. The molecule has 11 heteroatoms. The quantitative estimate of drug-likeness (QED) is 0.0195. The number of nitrogens with one attached hydrogen (secondary N) is 1. The predicted octanol–water partition coefficient (Wildman–Crippen LogP) is 13.7. The van der Waals surface area contributed by atoms with Crippen molar-refractivity contribution in [1.82, 2.24) is 5.32 Å². The topological polar surface area (TPSA) is 175 Å². The van der Waals surface area contributed by atoms with Crippen LogP contribution in [-0.4, -0.2) is 99.6 Å². The molecule has 8 atom stereocenters. The Morgan fingerprint density at radius 3 is 1.40 bits per heavy atom. The first-order valence-electron chi connectivity index (χ1n) is 29.7. The molecule has 0 radical (unpaired) electrons. The van der Waals surface area contributed by atoms with Crippen molar-refractivity contribution in [2.24, 2.45) is 0 Å². The van der Waals surface area contributed by atoms with Crippen molar-refractivity contribution in [3.8, 4) is 0 Å². The molecule has 0 spiro atoms. The minimum Gasteiger partial charge on any atom is -0.454 e. The highest BCUT2D eigenvalue weighted by atomic mass is 16.7. The van der Waals surface area contributed by atoms with Crippen molar-refractivity contribution >= 4 is 11.9 Å². The van der Waals surface area contributed by atoms with Crippen LogP contribution in [0.3, 0.4) is 0 Å². The third kappa shape index (κ3) is 39.4. The van der Waals surface area contributed by atoms with E-state index < -0.39 is 67.4 Å². The molecule has 0 bridgehead atoms. The van der Waals surface area contributed by atoms with E-state index in [9.17, 15) is 35.1 Å². The van der Waals surface area contributed by atoms with E-state index in [4.69, 9.17) is 14.2 Å². The van der Waals surface area contributed by atoms with Crippen LogP contribution in [0, 0.1) is 0 Å². The number of rotatable bonds is 48. The zero-order valence-corrected chi connectivity index (χ0v) is 47.1. The molecule has 1 amide bonds. The number of unbranched alkanes of at least 4 members (excludes halogenated alkanes) is 18. The van der Waals surface area contributed by atoms with Gasteiger partial charge in [0.2, 0.25) is 5.91 Å². The Balaban J connectivity index is 2.77. The van der Waals surface area contributed by atoms with Crippen LogP contribution >= 0.6 is 0 Å². The van der Waals surface area contributed by atoms with Crippen LogP contribution in [0.4, 0.5) is 0 Å². The molecule has 1 aliphatic heterocycles. The zero-order valence-electron chi connectivity index (χ0n) is 47.1. The molecule has 0 saturated carbocycles. The van der Waals surface area contributed by atoms with Crippen LogP contribution in [0.25, 0.3) is 0 Å². The number of amides is 1. The zero-order chi connectivity index (χ0) is 54.7. The van der Waals surface area contributed by atoms with Crippen LogP contribution in [0.15, 0.2) is 109 Å². The largest absolute Gasteiger partial charge is 0.454 e. The number of allylic oxidation sites excluding steroid dienone is 17. The van der Waals surface area contributed by atoms with Crippen LogP contribution in [0.2, 0.25) is 0 Å². The summed E-state index contributed by atoms with van der Waals surface area (Å²) in [6.07, 6.45) is 58.5. The fourth-order valence-electron chi connectivity index (χ4n) is 8.39. The monoisotopic (exact) mass is 1050 g/mol. The maximum Gasteiger partial charge on any atom is 0.306 e. The summed E-state index contributed by atoms with van der Waals surface area (Å²) in [5.41, 5.74) is 0. The van der Waals surface area contributed by atoms with E-state index in [1.165, 1.54) is 77.0 Å². The lowest BCUT2D eigenvalue weighted by Crippen LogP contribution is -2.61. The molecular weight excluding hydrogens is 943 g/mol. The third-order valence-corrected chi connectivity index (χ3v) is 13.1. The number of hydrogen-bond donors (Lipinski definition) is 6. The molecule has 6 N–H and O–H groups in total. The summed E-state index contributed by atoms with van der Waals surface area (Å²) < 4.78 is 17.5. The lowest BCUT2D eigenvalue weighted by atomic mass is 9.99. The van der Waals surface area contributed by atoms with Crippen LogP contribution in [0.1, 0.15) is 220 Å². The molecule has 1 saturated heterocycles. The Labute approximate surface area is 456 Å². The second-order valence-corrected chi connectivity index (χ2v) is 20.0. The van der Waals surface area contributed by atoms with Crippen molar-refractivity contribution in [2.75, 3.05) is 13.2 Å². The molecule has 0 aromatic carbocycles. The highest BCUT2D eigenvalue weighted by Gasteiger charge is 2.47. The van der Waals surface area contributed by atoms with Gasteiger partial charge in [-0.25, -0.2) is 0 Å². The third-order valence-electron chi connectivity index (χ3n) is 13.1. The van der Waals surface area contributed by atoms with E-state index in [1.54, 1.807) is 6.08 Å². The number of hydrogen-bond acceptors (Lipinski definition) is 10. The first-order valence-corrected chi connectivity index (χ1v) is 29.7. The van der Waals surface area contributed by atoms with Gasteiger partial charge < -0.3 is 45.1 Å². The van der Waals surface area contributed by atoms with Crippen molar-refractivity contribution in [3.05, 3.63) is 109 Å². The second kappa shape index (κ2) is 51.1. The lowest BCUT2D eigenvalue weighted by molar-refractivity contribution is -0.305. The standard InChI is InChI=1S/C64H107NO10/c1-4-7-10-13-16-19-22-24-26-28-30-31-33-36-39-42-45-48-51-57(68)63(72)65-55(56(67)50-47-44-41-38-35-21-18-15-12-9-6-3)54-73-64-62(61(71)60(70)58(53-66)74-64)75-59(69)52-49-46-43-40-37-34-32-29-27-25-23-20-17-14-11-8-5-2/h16-17,19-20,24-27,30-32,34,36,39-40,43,47,50,55-58,60-62,64,66-68,70-71H,4-15,18,21-23,28-29,33,35,37-38,41-42,44-46,48-49,51-54H2,1-3H3,(H,65,72)/b19-16-,20-17-,26-24-,27-25-,31-30-,34-32-,39-36-,43-40-,50-47+. The molecule has 75 heavy (non-hydrogen) atoms. The number of carbonyl (C=O) groups excluding carboxylic acids is 2. The average Bonchev–Trinajstić information content (AvgIpc) is 3.41. The second-order valence-electron chi connectivity index (χ2n) is 20.0. The molecule has 0 aliphatic carbocycles. The van der Waals surface area contributed by atoms with Gasteiger partial charge >= 0.3 is 5.97 Å². The van der Waals surface area contributed by atoms with E-state index in [-0.39, 0.29) is 19.4 Å². The Morgan fingerprint density at radius 1 is 0.520 bits per heavy atom. The summed E-state index contributed by atoms with van der Waals surface area (Å²) in [5.74, 6) is -1.30. The fraction of sp³-hybridized carbons (Fsp3) is 0.688. The minimum absolute atomic E-state index is 0.0378. The Morgan fingerprint density at radius 2 is 0.920 bits per heavy atom. The summed E-state index contributed by atoms with van der Waals surface area (Å²) in [5, 5.41) is 56.8. The SMILES string of the molecule is CCCCC/C=C\C/C=C\C/C=C\C/C=C\CCCCC(O)C(=O)NC(COC1OC(CO)C(O)C(O)C1OC(=O)CCC/C=C\C/C=C\C/C=C\C/C=C\CCCCC)C(O)/C=C/CCCCCCCCCCC. The maximum absolute atomic E-state index is 13.4. The molecule has 0 aromatic rings. The number of aliphatic hydroxyl groups excluding tert-OH is 5. The van der Waals surface area contributed by atoms with Gasteiger partial charge in [-0.05, 0) is 109 Å². The van der Waals surface area contributed by atoms with Gasteiger partial charge in [-0.1, -0.05) is 214 Å². The normalized spacial score (nSPS) is 20.0. The predicted molar refractivity (Wildman–Crippen MR) is 310 cm³/mol. The lowest BCUT2D eigenvalue weighted by Gasteiger charge is -2.41. The number of ether oxygens (including phenoxy) is 3. The summed E-state index contributed by atoms with van der Waals surface area (Å²) in [7, 11) is 0. The summed E-state index contributed by atoms with van der Waals surface area (Å²) in [6.45, 7) is 5.65. The van der Waals surface area contributed by atoms with Crippen LogP contribution < -0.4 is 5.32 Å². The Hall–Kier alpha value is -3.68. The highest BCUT2D eigenvalue weighted by molar-refractivity contribution is 5.80. The number of aliphatic hydroxyl groups is 5.